The lowest BCUT2D eigenvalue weighted by molar-refractivity contribution is 0.338. The zero-order valence-corrected chi connectivity index (χ0v) is 41.7. The minimum Gasteiger partial charge on any atom is -0.317 e. The van der Waals surface area contributed by atoms with Gasteiger partial charge in [-0.3, -0.25) is 20.0 Å². The monoisotopic (exact) mass is 920 g/mol. The van der Waals surface area contributed by atoms with E-state index < -0.39 is 5.41 Å². The molecule has 4 heterocycles. The predicted octanol–water partition coefficient (Wildman–Crippen LogP) is 15.0. The van der Waals surface area contributed by atoms with Crippen molar-refractivity contribution in [3.63, 3.8) is 0 Å². The van der Waals surface area contributed by atoms with Crippen molar-refractivity contribution in [2.24, 2.45) is 9.98 Å². The van der Waals surface area contributed by atoms with Crippen LogP contribution in [0.4, 0.5) is 11.4 Å². The van der Waals surface area contributed by atoms with Gasteiger partial charge in [0, 0.05) is 34.6 Å². The lowest BCUT2D eigenvalue weighted by Crippen LogP contribution is -2.53. The Labute approximate surface area is 417 Å². The van der Waals surface area contributed by atoms with Crippen molar-refractivity contribution in [2.75, 3.05) is 9.80 Å². The van der Waals surface area contributed by atoms with Crippen molar-refractivity contribution in [1.29, 1.82) is 0 Å². The number of benzene rings is 7. The Kier molecular flexibility index (Phi) is 9.12. The van der Waals surface area contributed by atoms with E-state index >= 15 is 0 Å². The third-order valence-electron chi connectivity index (χ3n) is 17.1. The molecule has 13 rings (SSSR count). The summed E-state index contributed by atoms with van der Waals surface area (Å²) >= 11 is 0. The minimum atomic E-state index is -0.559. The van der Waals surface area contributed by atoms with Crippen LogP contribution in [0.3, 0.4) is 0 Å². The van der Waals surface area contributed by atoms with Gasteiger partial charge in [-0.05, 0) is 146 Å². The highest BCUT2D eigenvalue weighted by molar-refractivity contribution is 6.14. The van der Waals surface area contributed by atoms with E-state index in [9.17, 15) is 0 Å². The van der Waals surface area contributed by atoms with Crippen LogP contribution in [-0.4, -0.2) is 43.8 Å². The molecule has 0 amide bonds. The number of aliphatic imine (C=N–C) groups is 2. The second kappa shape index (κ2) is 15.0. The first-order valence-electron chi connectivity index (χ1n) is 24.9. The summed E-state index contributed by atoms with van der Waals surface area (Å²) in [6, 6.07) is 62.7. The SMILES string of the molecule is CC1(C)N=C(c2ccccc2)N(c2cncc(-c3ccc4c(c3)C3(c5ccccc5-c5ccccc53)c3c-4ccc4cc(-c5cncc(N6C(c7ccccc7)=NC(C)(C)C6(C)C)c5)ccc34)c2)C1(C)C. The van der Waals surface area contributed by atoms with Gasteiger partial charge >= 0.3 is 0 Å². The zero-order valence-electron chi connectivity index (χ0n) is 41.7. The molecule has 6 nitrogen and oxygen atoms in total. The quantitative estimate of drug-likeness (QED) is 0.167. The topological polar surface area (TPSA) is 57.0 Å². The molecule has 346 valence electrons. The summed E-state index contributed by atoms with van der Waals surface area (Å²) in [7, 11) is 0. The van der Waals surface area contributed by atoms with Crippen LogP contribution >= 0.6 is 0 Å². The molecule has 2 aliphatic carbocycles. The second-order valence-corrected chi connectivity index (χ2v) is 21.9. The third-order valence-corrected chi connectivity index (χ3v) is 17.1. The van der Waals surface area contributed by atoms with E-state index in [1.165, 1.54) is 55.3 Å². The molecule has 0 atom stereocenters. The molecule has 9 aromatic rings. The number of fused-ring (bicyclic) bond motifs is 12. The lowest BCUT2D eigenvalue weighted by Gasteiger charge is -2.41. The molecule has 2 aromatic heterocycles. The molecule has 0 N–H and O–H groups in total. The third kappa shape index (κ3) is 6.00. The van der Waals surface area contributed by atoms with Gasteiger partial charge in [0.2, 0.25) is 0 Å². The fraction of sp³-hybridized carbons (Fsp3) is 0.200. The predicted molar refractivity (Wildman–Crippen MR) is 294 cm³/mol. The summed E-state index contributed by atoms with van der Waals surface area (Å²) in [6.07, 6.45) is 8.00. The Morgan fingerprint density at radius 3 is 1.34 bits per heavy atom. The lowest BCUT2D eigenvalue weighted by atomic mass is 9.69. The molecule has 0 unspecified atom stereocenters. The molecule has 0 fully saturated rings. The van der Waals surface area contributed by atoms with Crippen LogP contribution < -0.4 is 9.80 Å². The Hall–Kier alpha value is -7.96. The van der Waals surface area contributed by atoms with E-state index in [0.29, 0.717) is 0 Å². The molecule has 0 saturated heterocycles. The van der Waals surface area contributed by atoms with Crippen LogP contribution in [0.15, 0.2) is 205 Å². The number of hydrogen-bond donors (Lipinski definition) is 0. The van der Waals surface area contributed by atoms with Crippen molar-refractivity contribution in [1.82, 2.24) is 9.97 Å². The molecule has 6 heteroatoms. The van der Waals surface area contributed by atoms with Crippen LogP contribution in [0.2, 0.25) is 0 Å². The van der Waals surface area contributed by atoms with Crippen molar-refractivity contribution in [3.05, 3.63) is 228 Å². The molecular weight excluding hydrogens is 865 g/mol. The highest BCUT2D eigenvalue weighted by atomic mass is 15.3. The number of amidine groups is 2. The normalized spacial score (nSPS) is 18.0. The van der Waals surface area contributed by atoms with Gasteiger partial charge in [-0.25, -0.2) is 0 Å². The first-order valence-corrected chi connectivity index (χ1v) is 24.9. The zero-order chi connectivity index (χ0) is 48.7. The van der Waals surface area contributed by atoms with E-state index in [0.717, 1.165) is 56.4 Å². The molecule has 4 aliphatic rings. The molecule has 1 spiro atoms. The van der Waals surface area contributed by atoms with Gasteiger partial charge in [0.05, 0.1) is 51.3 Å². The number of hydrogen-bond acceptors (Lipinski definition) is 6. The first kappa shape index (κ1) is 43.1. The Morgan fingerprint density at radius 2 is 0.803 bits per heavy atom. The standard InChI is InChI=1S/C65H56N6/c1-61(2)63(5,6)70(59(68-61)41-19-11-9-12-20-41)48-34-46(37-66-39-48)43-27-30-50-45(33-43)29-32-54-53-31-28-44(36-57(53)65(58(50)54)55-25-17-15-23-51(55)52-24-16-18-26-56(52)65)47-35-49(40-67-38-47)71-60(42-21-13-10-14-22-42)69-62(3,4)64(71,7)8/h9-40H,1-8H3. The van der Waals surface area contributed by atoms with E-state index in [1.54, 1.807) is 0 Å². The molecule has 71 heavy (non-hydrogen) atoms. The van der Waals surface area contributed by atoms with E-state index in [4.69, 9.17) is 20.0 Å². The van der Waals surface area contributed by atoms with E-state index in [-0.39, 0.29) is 22.2 Å². The van der Waals surface area contributed by atoms with Crippen LogP contribution in [0.25, 0.3) is 55.3 Å². The Morgan fingerprint density at radius 1 is 0.352 bits per heavy atom. The van der Waals surface area contributed by atoms with Crippen molar-refractivity contribution < 1.29 is 0 Å². The molecule has 0 saturated carbocycles. The van der Waals surface area contributed by atoms with Crippen molar-refractivity contribution >= 4 is 33.8 Å². The average molecular weight is 921 g/mol. The molecule has 0 bridgehead atoms. The highest BCUT2D eigenvalue weighted by Gasteiger charge is 2.54. The number of pyridine rings is 2. The van der Waals surface area contributed by atoms with E-state index in [2.05, 4.69) is 235 Å². The van der Waals surface area contributed by atoms with Gasteiger partial charge < -0.3 is 9.80 Å². The molecule has 7 aromatic carbocycles. The summed E-state index contributed by atoms with van der Waals surface area (Å²) in [5, 5.41) is 2.44. The van der Waals surface area contributed by atoms with Crippen LogP contribution in [0.1, 0.15) is 88.8 Å². The maximum atomic E-state index is 5.36. The smallest absolute Gasteiger partial charge is 0.136 e. The summed E-state index contributed by atoms with van der Waals surface area (Å²) in [6.45, 7) is 18.1. The number of anilines is 2. The van der Waals surface area contributed by atoms with Crippen molar-refractivity contribution in [3.8, 4) is 44.5 Å². The summed E-state index contributed by atoms with van der Waals surface area (Å²) in [5.74, 6) is 1.93. The highest BCUT2D eigenvalue weighted by Crippen LogP contribution is 2.64. The fourth-order valence-corrected chi connectivity index (χ4v) is 12.2. The maximum Gasteiger partial charge on any atom is 0.136 e. The largest absolute Gasteiger partial charge is 0.317 e. The number of aromatic nitrogens is 2. The summed E-state index contributed by atoms with van der Waals surface area (Å²) in [4.78, 5) is 25.3. The van der Waals surface area contributed by atoms with Gasteiger partial charge in [0.1, 0.15) is 11.7 Å². The number of nitrogens with zero attached hydrogens (tertiary/aromatic N) is 6. The molecule has 0 radical (unpaired) electrons. The van der Waals surface area contributed by atoms with Crippen molar-refractivity contribution in [2.45, 2.75) is 83.0 Å². The van der Waals surface area contributed by atoms with E-state index in [1.807, 2.05) is 24.8 Å². The average Bonchev–Trinajstić information content (AvgIpc) is 3.99. The summed E-state index contributed by atoms with van der Waals surface area (Å²) < 4.78 is 0. The molecular formula is C65H56N6. The maximum absolute atomic E-state index is 5.36. The Bertz CT molecular complexity index is 3680. The van der Waals surface area contributed by atoms with Gasteiger partial charge in [-0.15, -0.1) is 0 Å². The fourth-order valence-electron chi connectivity index (χ4n) is 12.2. The number of rotatable bonds is 6. The minimum absolute atomic E-state index is 0.304. The van der Waals surface area contributed by atoms with Gasteiger partial charge in [-0.2, -0.15) is 0 Å². The molecule has 2 aliphatic heterocycles. The first-order chi connectivity index (χ1) is 34.2. The van der Waals surface area contributed by atoms with Crippen LogP contribution in [0, 0.1) is 0 Å². The van der Waals surface area contributed by atoms with Gasteiger partial charge in [0.15, 0.2) is 0 Å². The van der Waals surface area contributed by atoms with Gasteiger partial charge in [0.25, 0.3) is 0 Å². The van der Waals surface area contributed by atoms with Crippen LogP contribution in [-0.2, 0) is 5.41 Å². The Balaban J connectivity index is 0.958. The van der Waals surface area contributed by atoms with Crippen LogP contribution in [0.5, 0.6) is 0 Å². The van der Waals surface area contributed by atoms with Gasteiger partial charge in [-0.1, -0.05) is 146 Å². The second-order valence-electron chi connectivity index (χ2n) is 21.9. The summed E-state index contributed by atoms with van der Waals surface area (Å²) in [5.41, 5.74) is 17.1.